The molecule has 0 unspecified atom stereocenters. The van der Waals surface area contributed by atoms with E-state index in [0.29, 0.717) is 6.54 Å². The zero-order chi connectivity index (χ0) is 18.9. The van der Waals surface area contributed by atoms with E-state index in [4.69, 9.17) is 0 Å². The maximum atomic E-state index is 13.4. The van der Waals surface area contributed by atoms with Gasteiger partial charge >= 0.3 is 0 Å². The summed E-state index contributed by atoms with van der Waals surface area (Å²) in [6.07, 6.45) is 1.18. The molecule has 26 heavy (non-hydrogen) atoms. The minimum absolute atomic E-state index is 0.0184. The molecule has 1 saturated heterocycles. The quantitative estimate of drug-likeness (QED) is 0.804. The average Bonchev–Trinajstić information content (AvgIpc) is 2.57. The van der Waals surface area contributed by atoms with Gasteiger partial charge in [0, 0.05) is 31.6 Å². The lowest BCUT2D eigenvalue weighted by molar-refractivity contribution is 0.118. The van der Waals surface area contributed by atoms with E-state index < -0.39 is 10.0 Å². The van der Waals surface area contributed by atoms with Gasteiger partial charge in [0.15, 0.2) is 0 Å². The van der Waals surface area contributed by atoms with Crippen molar-refractivity contribution in [3.63, 3.8) is 0 Å². The van der Waals surface area contributed by atoms with Crippen molar-refractivity contribution in [1.82, 2.24) is 9.62 Å². The maximum absolute atomic E-state index is 13.4. The van der Waals surface area contributed by atoms with E-state index in [0.717, 1.165) is 16.7 Å². The molecule has 3 rings (SSSR count). The van der Waals surface area contributed by atoms with Crippen molar-refractivity contribution in [1.29, 1.82) is 0 Å². The molecule has 0 radical (unpaired) electrons. The smallest absolute Gasteiger partial charge is 0.211 e. The van der Waals surface area contributed by atoms with E-state index in [1.54, 1.807) is 13.1 Å². The van der Waals surface area contributed by atoms with E-state index in [1.807, 2.05) is 30.3 Å². The van der Waals surface area contributed by atoms with Gasteiger partial charge in [-0.2, -0.15) is 0 Å². The third kappa shape index (κ3) is 3.96. The molecule has 0 aliphatic carbocycles. The number of aliphatic hydroxyl groups is 1. The molecule has 7 heteroatoms. The van der Waals surface area contributed by atoms with Gasteiger partial charge in [-0.25, -0.2) is 17.1 Å². The SMILES string of the molecule is CN(C[C@H]1N[C@H](CO)[C@H]1c1ccc(-c2cccc(F)c2)cc1)S(C)(=O)=O. The highest BCUT2D eigenvalue weighted by Gasteiger charge is 2.42. The van der Waals surface area contributed by atoms with E-state index in [-0.39, 0.29) is 30.4 Å². The highest BCUT2D eigenvalue weighted by Crippen LogP contribution is 2.34. The summed E-state index contributed by atoms with van der Waals surface area (Å²) >= 11 is 0. The lowest BCUT2D eigenvalue weighted by Gasteiger charge is -2.47. The van der Waals surface area contributed by atoms with Crippen LogP contribution in [-0.4, -0.2) is 56.4 Å². The molecule has 0 spiro atoms. The Balaban J connectivity index is 1.79. The number of nitrogens with one attached hydrogen (secondary N) is 1. The molecule has 1 aliphatic rings. The molecule has 3 atom stereocenters. The molecule has 0 amide bonds. The van der Waals surface area contributed by atoms with Crippen LogP contribution in [0.5, 0.6) is 0 Å². The first-order valence-electron chi connectivity index (χ1n) is 8.43. The molecule has 0 saturated carbocycles. The largest absolute Gasteiger partial charge is 0.395 e. The van der Waals surface area contributed by atoms with Crippen LogP contribution in [0, 0.1) is 5.82 Å². The van der Waals surface area contributed by atoms with Gasteiger partial charge in [-0.3, -0.25) is 0 Å². The van der Waals surface area contributed by atoms with Gasteiger partial charge in [0.05, 0.1) is 12.9 Å². The van der Waals surface area contributed by atoms with Gasteiger partial charge in [0.1, 0.15) is 5.82 Å². The average molecular weight is 378 g/mol. The lowest BCUT2D eigenvalue weighted by atomic mass is 9.77. The fraction of sp³-hybridized carbons (Fsp3) is 0.368. The number of aliphatic hydroxyl groups excluding tert-OH is 1. The maximum Gasteiger partial charge on any atom is 0.211 e. The van der Waals surface area contributed by atoms with Gasteiger partial charge in [0.25, 0.3) is 0 Å². The van der Waals surface area contributed by atoms with E-state index in [2.05, 4.69) is 5.32 Å². The molecule has 1 fully saturated rings. The van der Waals surface area contributed by atoms with Gasteiger partial charge in [-0.15, -0.1) is 0 Å². The predicted molar refractivity (Wildman–Crippen MR) is 99.8 cm³/mol. The minimum atomic E-state index is -3.26. The van der Waals surface area contributed by atoms with Crippen molar-refractivity contribution in [2.75, 3.05) is 26.5 Å². The molecule has 1 heterocycles. The van der Waals surface area contributed by atoms with Crippen LogP contribution >= 0.6 is 0 Å². The van der Waals surface area contributed by atoms with Crippen molar-refractivity contribution < 1.29 is 17.9 Å². The number of sulfonamides is 1. The van der Waals surface area contributed by atoms with E-state index >= 15 is 0 Å². The Morgan fingerprint density at radius 3 is 2.38 bits per heavy atom. The number of benzene rings is 2. The Morgan fingerprint density at radius 2 is 1.81 bits per heavy atom. The summed E-state index contributed by atoms with van der Waals surface area (Å²) in [7, 11) is -1.71. The first-order valence-corrected chi connectivity index (χ1v) is 10.3. The Bertz CT molecular complexity index is 871. The lowest BCUT2D eigenvalue weighted by Crippen LogP contribution is -2.64. The van der Waals surface area contributed by atoms with Gasteiger partial charge in [0.2, 0.25) is 10.0 Å². The van der Waals surface area contributed by atoms with Gasteiger partial charge in [-0.1, -0.05) is 36.4 Å². The van der Waals surface area contributed by atoms with Crippen LogP contribution in [0.25, 0.3) is 11.1 Å². The number of likely N-dealkylation sites (N-methyl/N-ethyl adjacent to an activating group) is 1. The first kappa shape index (κ1) is 19.0. The third-order valence-electron chi connectivity index (χ3n) is 4.97. The highest BCUT2D eigenvalue weighted by atomic mass is 32.2. The second-order valence-corrected chi connectivity index (χ2v) is 8.85. The topological polar surface area (TPSA) is 69.6 Å². The molecule has 140 valence electrons. The number of hydrogen-bond donors (Lipinski definition) is 2. The molecule has 0 bridgehead atoms. The molecule has 5 nitrogen and oxygen atoms in total. The van der Waals surface area contributed by atoms with Crippen molar-refractivity contribution in [3.05, 3.63) is 59.9 Å². The molecule has 2 aromatic rings. The van der Waals surface area contributed by atoms with Gasteiger partial charge < -0.3 is 10.4 Å². The predicted octanol–water partition coefficient (Wildman–Crippen LogP) is 1.80. The summed E-state index contributed by atoms with van der Waals surface area (Å²) in [5.74, 6) is -0.259. The van der Waals surface area contributed by atoms with Crippen molar-refractivity contribution in [3.8, 4) is 11.1 Å². The van der Waals surface area contributed by atoms with Crippen molar-refractivity contribution >= 4 is 10.0 Å². The van der Waals surface area contributed by atoms with Crippen LogP contribution in [0.3, 0.4) is 0 Å². The first-order chi connectivity index (χ1) is 12.3. The Morgan fingerprint density at radius 1 is 1.12 bits per heavy atom. The van der Waals surface area contributed by atoms with E-state index in [1.165, 1.54) is 22.7 Å². The van der Waals surface area contributed by atoms with E-state index in [9.17, 15) is 17.9 Å². The molecule has 2 N–H and O–H groups in total. The normalized spacial score (nSPS) is 23.0. The second-order valence-electron chi connectivity index (χ2n) is 6.76. The van der Waals surface area contributed by atoms with Crippen LogP contribution in [0.1, 0.15) is 11.5 Å². The molecular formula is C19H23FN2O3S. The van der Waals surface area contributed by atoms with Crippen LogP contribution in [0.4, 0.5) is 4.39 Å². The Hall–Kier alpha value is -1.80. The zero-order valence-electron chi connectivity index (χ0n) is 14.8. The Labute approximate surface area is 153 Å². The Kier molecular flexibility index (Phi) is 5.43. The van der Waals surface area contributed by atoms with Crippen LogP contribution in [-0.2, 0) is 10.0 Å². The van der Waals surface area contributed by atoms with Crippen LogP contribution in [0.2, 0.25) is 0 Å². The second kappa shape index (κ2) is 7.44. The number of halogens is 1. The summed E-state index contributed by atoms with van der Waals surface area (Å²) in [5.41, 5.74) is 2.73. The fourth-order valence-electron chi connectivity index (χ4n) is 3.42. The number of nitrogens with zero attached hydrogens (tertiary/aromatic N) is 1. The highest BCUT2D eigenvalue weighted by molar-refractivity contribution is 7.88. The minimum Gasteiger partial charge on any atom is -0.395 e. The molecule has 0 aromatic heterocycles. The number of rotatable bonds is 6. The standard InChI is InChI=1S/C19H23FN2O3S/c1-22(26(2,24)25)11-17-19(18(12-23)21-17)14-8-6-13(7-9-14)15-4-3-5-16(20)10-15/h3-10,17-19,21,23H,11-12H2,1-2H3/t17-,18-,19+/m1/s1. The summed E-state index contributed by atoms with van der Waals surface area (Å²) in [4.78, 5) is 0. The van der Waals surface area contributed by atoms with Crippen molar-refractivity contribution in [2.45, 2.75) is 18.0 Å². The summed E-state index contributed by atoms with van der Waals surface area (Å²) in [5, 5.41) is 12.8. The number of hydrogen-bond acceptors (Lipinski definition) is 4. The molecule has 2 aromatic carbocycles. The summed E-state index contributed by atoms with van der Waals surface area (Å²) in [6, 6.07) is 14.0. The molecular weight excluding hydrogens is 355 g/mol. The van der Waals surface area contributed by atoms with Gasteiger partial charge in [-0.05, 0) is 28.8 Å². The molecule has 1 aliphatic heterocycles. The van der Waals surface area contributed by atoms with Crippen molar-refractivity contribution in [2.24, 2.45) is 0 Å². The van der Waals surface area contributed by atoms with Crippen LogP contribution < -0.4 is 5.32 Å². The monoisotopic (exact) mass is 378 g/mol. The fourth-order valence-corrected chi connectivity index (χ4v) is 3.85. The van der Waals surface area contributed by atoms with Crippen LogP contribution in [0.15, 0.2) is 48.5 Å². The third-order valence-corrected chi connectivity index (χ3v) is 6.25. The zero-order valence-corrected chi connectivity index (χ0v) is 15.6. The summed E-state index contributed by atoms with van der Waals surface area (Å²) < 4.78 is 38.0. The summed E-state index contributed by atoms with van der Waals surface area (Å²) in [6.45, 7) is 0.320.